The maximum absolute atomic E-state index is 12.9. The lowest BCUT2D eigenvalue weighted by molar-refractivity contribution is -0.137. The topological polar surface area (TPSA) is 69.0 Å². The monoisotopic (exact) mass is 373 g/mol. The highest BCUT2D eigenvalue weighted by atomic mass is 32.2. The van der Waals surface area contributed by atoms with Crippen LogP contribution in [-0.4, -0.2) is 44.1 Å². The minimum absolute atomic E-state index is 0.221. The Bertz CT molecular complexity index is 811. The Labute approximate surface area is 155 Å². The first-order chi connectivity index (χ1) is 12.7. The summed E-state index contributed by atoms with van der Waals surface area (Å²) >= 11 is 1.31. The Morgan fingerprint density at radius 2 is 1.85 bits per heavy atom. The fourth-order valence-electron chi connectivity index (χ4n) is 2.62. The third-order valence-corrected chi connectivity index (χ3v) is 5.06. The lowest BCUT2D eigenvalue weighted by Gasteiger charge is -2.14. The van der Waals surface area contributed by atoms with Gasteiger partial charge in [0.15, 0.2) is 0 Å². The number of methoxy groups -OCH3 is 2. The van der Waals surface area contributed by atoms with Crippen molar-refractivity contribution in [2.24, 2.45) is 0 Å². The molecule has 2 amide bonds. The lowest BCUT2D eigenvalue weighted by atomic mass is 10.1. The molecule has 26 heavy (non-hydrogen) atoms. The summed E-state index contributed by atoms with van der Waals surface area (Å²) in [6.07, 6.45) is 1.58. The molecule has 0 saturated heterocycles. The van der Waals surface area contributed by atoms with E-state index in [0.29, 0.717) is 34.2 Å². The summed E-state index contributed by atoms with van der Waals surface area (Å²) in [6, 6.07) is 10.7. The standard InChI is InChI=1S/C19H19NO5S/c1-23-11-9-20-18(21)16(13-5-7-14(24-2)8-6-13)17(19(20)22)26-12-15-4-3-10-25-15/h3-8,10H,9,11-12H2,1-2H3. The van der Waals surface area contributed by atoms with Gasteiger partial charge in [-0.05, 0) is 29.8 Å². The number of rotatable bonds is 8. The highest BCUT2D eigenvalue weighted by Crippen LogP contribution is 2.37. The summed E-state index contributed by atoms with van der Waals surface area (Å²) in [4.78, 5) is 27.3. The van der Waals surface area contributed by atoms with Crippen molar-refractivity contribution >= 4 is 29.1 Å². The molecular formula is C19H19NO5S. The van der Waals surface area contributed by atoms with Crippen LogP contribution >= 0.6 is 11.8 Å². The second-order valence-corrected chi connectivity index (χ2v) is 6.54. The molecule has 0 aliphatic carbocycles. The van der Waals surface area contributed by atoms with Crippen LogP contribution in [0.25, 0.3) is 5.57 Å². The third-order valence-electron chi connectivity index (χ3n) is 3.96. The number of carbonyl (C=O) groups is 2. The number of hydrogen-bond donors (Lipinski definition) is 0. The summed E-state index contributed by atoms with van der Waals surface area (Å²) in [5, 5.41) is 0. The fourth-order valence-corrected chi connectivity index (χ4v) is 3.66. The quantitative estimate of drug-likeness (QED) is 0.663. The third kappa shape index (κ3) is 3.68. The highest BCUT2D eigenvalue weighted by Gasteiger charge is 2.38. The molecule has 0 spiro atoms. The van der Waals surface area contributed by atoms with Crippen molar-refractivity contribution in [2.45, 2.75) is 5.75 Å². The Morgan fingerprint density at radius 1 is 1.08 bits per heavy atom. The number of ether oxygens (including phenoxy) is 2. The molecule has 7 heteroatoms. The first-order valence-electron chi connectivity index (χ1n) is 8.04. The highest BCUT2D eigenvalue weighted by molar-refractivity contribution is 8.03. The van der Waals surface area contributed by atoms with Crippen LogP contribution in [0.5, 0.6) is 5.75 Å². The van der Waals surface area contributed by atoms with Crippen LogP contribution in [0.1, 0.15) is 11.3 Å². The number of nitrogens with zero attached hydrogens (tertiary/aromatic N) is 1. The lowest BCUT2D eigenvalue weighted by Crippen LogP contribution is -2.34. The SMILES string of the molecule is COCCN1C(=O)C(SCc2ccco2)=C(c2ccc(OC)cc2)C1=O. The van der Waals surface area contributed by atoms with Gasteiger partial charge in [-0.15, -0.1) is 11.8 Å². The maximum Gasteiger partial charge on any atom is 0.268 e. The van der Waals surface area contributed by atoms with Gasteiger partial charge in [0.05, 0.1) is 42.8 Å². The molecular weight excluding hydrogens is 354 g/mol. The summed E-state index contributed by atoms with van der Waals surface area (Å²) < 4.78 is 15.5. The number of furan rings is 1. The van der Waals surface area contributed by atoms with Crippen LogP contribution in [0.4, 0.5) is 0 Å². The molecule has 1 aromatic carbocycles. The zero-order valence-corrected chi connectivity index (χ0v) is 15.4. The number of benzene rings is 1. The summed E-state index contributed by atoms with van der Waals surface area (Å²) in [5.74, 6) is 1.30. The normalized spacial score (nSPS) is 14.5. The van der Waals surface area contributed by atoms with Gasteiger partial charge in [-0.2, -0.15) is 0 Å². The van der Waals surface area contributed by atoms with E-state index >= 15 is 0 Å². The number of hydrogen-bond acceptors (Lipinski definition) is 6. The molecule has 1 aliphatic heterocycles. The molecule has 1 aliphatic rings. The summed E-state index contributed by atoms with van der Waals surface area (Å²) in [5.41, 5.74) is 1.09. The van der Waals surface area contributed by atoms with Gasteiger partial charge in [-0.1, -0.05) is 12.1 Å². The van der Waals surface area contributed by atoms with Gasteiger partial charge in [0.2, 0.25) is 0 Å². The van der Waals surface area contributed by atoms with Crippen molar-refractivity contribution in [3.05, 3.63) is 58.9 Å². The summed E-state index contributed by atoms with van der Waals surface area (Å²) in [6.45, 7) is 0.516. The minimum Gasteiger partial charge on any atom is -0.497 e. The molecule has 1 aromatic heterocycles. The second-order valence-electron chi connectivity index (χ2n) is 5.56. The van der Waals surface area contributed by atoms with Gasteiger partial charge in [0.1, 0.15) is 11.5 Å². The Kier molecular flexibility index (Phi) is 5.80. The minimum atomic E-state index is -0.306. The Balaban J connectivity index is 1.93. The first kappa shape index (κ1) is 18.3. The molecule has 0 bridgehead atoms. The largest absolute Gasteiger partial charge is 0.497 e. The molecule has 136 valence electrons. The molecule has 3 rings (SSSR count). The van der Waals surface area contributed by atoms with Crippen molar-refractivity contribution in [1.82, 2.24) is 4.90 Å². The van der Waals surface area contributed by atoms with E-state index in [0.717, 1.165) is 5.76 Å². The molecule has 0 fully saturated rings. The van der Waals surface area contributed by atoms with Crippen LogP contribution in [0.2, 0.25) is 0 Å². The number of amides is 2. The molecule has 0 N–H and O–H groups in total. The molecule has 0 atom stereocenters. The second kappa shape index (κ2) is 8.25. The van der Waals surface area contributed by atoms with Gasteiger partial charge in [-0.3, -0.25) is 14.5 Å². The van der Waals surface area contributed by atoms with E-state index in [1.165, 1.54) is 23.8 Å². The van der Waals surface area contributed by atoms with Crippen molar-refractivity contribution in [2.75, 3.05) is 27.4 Å². The number of imide groups is 1. The smallest absolute Gasteiger partial charge is 0.268 e. The average molecular weight is 373 g/mol. The van der Waals surface area contributed by atoms with E-state index in [2.05, 4.69) is 0 Å². The first-order valence-corrected chi connectivity index (χ1v) is 9.03. The van der Waals surface area contributed by atoms with Crippen molar-refractivity contribution < 1.29 is 23.5 Å². The van der Waals surface area contributed by atoms with E-state index in [1.54, 1.807) is 43.7 Å². The van der Waals surface area contributed by atoms with Gasteiger partial charge in [0.25, 0.3) is 11.8 Å². The van der Waals surface area contributed by atoms with Gasteiger partial charge < -0.3 is 13.9 Å². The van der Waals surface area contributed by atoms with Crippen LogP contribution in [0.15, 0.2) is 52.0 Å². The maximum atomic E-state index is 12.9. The van der Waals surface area contributed by atoms with Crippen molar-refractivity contribution in [3.8, 4) is 5.75 Å². The van der Waals surface area contributed by atoms with Crippen LogP contribution in [0, 0.1) is 0 Å². The van der Waals surface area contributed by atoms with Crippen LogP contribution < -0.4 is 4.74 Å². The van der Waals surface area contributed by atoms with E-state index < -0.39 is 0 Å². The van der Waals surface area contributed by atoms with Crippen molar-refractivity contribution in [1.29, 1.82) is 0 Å². The van der Waals surface area contributed by atoms with E-state index in [-0.39, 0.29) is 18.4 Å². The van der Waals surface area contributed by atoms with E-state index in [1.807, 2.05) is 6.07 Å². The Hall–Kier alpha value is -2.51. The van der Waals surface area contributed by atoms with Crippen LogP contribution in [-0.2, 0) is 20.1 Å². The number of carbonyl (C=O) groups excluding carboxylic acids is 2. The predicted octanol–water partition coefficient (Wildman–Crippen LogP) is 2.95. The van der Waals surface area contributed by atoms with Gasteiger partial charge in [0, 0.05) is 7.11 Å². The Morgan fingerprint density at radius 3 is 2.46 bits per heavy atom. The van der Waals surface area contributed by atoms with E-state index in [4.69, 9.17) is 13.9 Å². The average Bonchev–Trinajstić information content (AvgIpc) is 3.26. The zero-order valence-electron chi connectivity index (χ0n) is 14.6. The zero-order chi connectivity index (χ0) is 18.5. The van der Waals surface area contributed by atoms with E-state index in [9.17, 15) is 9.59 Å². The molecule has 2 heterocycles. The molecule has 0 radical (unpaired) electrons. The predicted molar refractivity (Wildman–Crippen MR) is 98.5 cm³/mol. The molecule has 0 unspecified atom stereocenters. The number of thioether (sulfide) groups is 1. The van der Waals surface area contributed by atoms with Crippen LogP contribution in [0.3, 0.4) is 0 Å². The van der Waals surface area contributed by atoms with Gasteiger partial charge >= 0.3 is 0 Å². The molecule has 6 nitrogen and oxygen atoms in total. The molecule has 0 saturated carbocycles. The summed E-state index contributed by atoms with van der Waals surface area (Å²) in [7, 11) is 3.12. The molecule has 2 aromatic rings. The fraction of sp³-hybridized carbons (Fsp3) is 0.263. The van der Waals surface area contributed by atoms with Crippen molar-refractivity contribution in [3.63, 3.8) is 0 Å². The van der Waals surface area contributed by atoms with Gasteiger partial charge in [-0.25, -0.2) is 0 Å².